The second-order valence-electron chi connectivity index (χ2n) is 3.47. The van der Waals surface area contributed by atoms with Crippen molar-refractivity contribution >= 4 is 11.8 Å². The Bertz CT molecular complexity index is 214. The van der Waals surface area contributed by atoms with Crippen molar-refractivity contribution in [2.45, 2.75) is 25.3 Å². The zero-order valence-corrected chi connectivity index (χ0v) is 8.43. The van der Waals surface area contributed by atoms with Crippen LogP contribution in [-0.4, -0.2) is 38.0 Å². The van der Waals surface area contributed by atoms with Crippen LogP contribution < -0.4 is 16.0 Å². The molecule has 0 aliphatic heterocycles. The van der Waals surface area contributed by atoms with E-state index in [4.69, 9.17) is 0 Å². The van der Waals surface area contributed by atoms with E-state index < -0.39 is 0 Å². The van der Waals surface area contributed by atoms with E-state index in [1.54, 1.807) is 7.05 Å². The van der Waals surface area contributed by atoms with E-state index in [2.05, 4.69) is 16.0 Å². The van der Waals surface area contributed by atoms with Gasteiger partial charge in [0.1, 0.15) is 0 Å². The van der Waals surface area contributed by atoms with Gasteiger partial charge in [-0.05, 0) is 19.9 Å². The zero-order valence-electron chi connectivity index (χ0n) is 8.43. The molecule has 14 heavy (non-hydrogen) atoms. The van der Waals surface area contributed by atoms with Crippen LogP contribution in [0.4, 0.5) is 0 Å². The van der Waals surface area contributed by atoms with Crippen molar-refractivity contribution in [3.05, 3.63) is 0 Å². The summed E-state index contributed by atoms with van der Waals surface area (Å²) in [6, 6.07) is 0.399. The molecule has 0 aromatic heterocycles. The van der Waals surface area contributed by atoms with Crippen LogP contribution in [0.2, 0.25) is 0 Å². The van der Waals surface area contributed by atoms with Gasteiger partial charge in [-0.15, -0.1) is 0 Å². The van der Waals surface area contributed by atoms with Gasteiger partial charge >= 0.3 is 0 Å². The Morgan fingerprint density at radius 3 is 2.57 bits per heavy atom. The summed E-state index contributed by atoms with van der Waals surface area (Å²) in [5, 5.41) is 8.23. The van der Waals surface area contributed by atoms with E-state index >= 15 is 0 Å². The third-order valence-electron chi connectivity index (χ3n) is 1.95. The fourth-order valence-corrected chi connectivity index (χ4v) is 1.07. The van der Waals surface area contributed by atoms with Crippen LogP contribution in [0.5, 0.6) is 0 Å². The number of carbonyl (C=O) groups is 2. The van der Waals surface area contributed by atoms with E-state index in [0.29, 0.717) is 25.6 Å². The first kappa shape index (κ1) is 11.0. The second kappa shape index (κ2) is 5.59. The molecule has 0 heterocycles. The van der Waals surface area contributed by atoms with Gasteiger partial charge in [0.15, 0.2) is 0 Å². The molecule has 1 aliphatic carbocycles. The predicted molar refractivity (Wildman–Crippen MR) is 52.7 cm³/mol. The highest BCUT2D eigenvalue weighted by Crippen LogP contribution is 2.18. The van der Waals surface area contributed by atoms with Gasteiger partial charge in [0.05, 0.1) is 6.54 Å². The summed E-state index contributed by atoms with van der Waals surface area (Å²) in [6.07, 6.45) is 2.56. The maximum absolute atomic E-state index is 11.2. The molecule has 0 aromatic rings. The summed E-state index contributed by atoms with van der Waals surface area (Å²) in [4.78, 5) is 22.1. The fourth-order valence-electron chi connectivity index (χ4n) is 1.07. The summed E-state index contributed by atoms with van der Waals surface area (Å²) in [5.41, 5.74) is 0. The van der Waals surface area contributed by atoms with Gasteiger partial charge in [-0.25, -0.2) is 0 Å². The van der Waals surface area contributed by atoms with Gasteiger partial charge in [0.25, 0.3) is 0 Å². The van der Waals surface area contributed by atoms with Crippen LogP contribution in [0.15, 0.2) is 0 Å². The molecule has 0 saturated heterocycles. The molecule has 0 aromatic carbocycles. The number of rotatable bonds is 6. The number of likely N-dealkylation sites (N-methyl/N-ethyl adjacent to an activating group) is 1. The van der Waals surface area contributed by atoms with Crippen LogP contribution in [0.1, 0.15) is 19.3 Å². The predicted octanol–water partition coefficient (Wildman–Crippen LogP) is -1.01. The molecule has 1 aliphatic rings. The van der Waals surface area contributed by atoms with Crippen molar-refractivity contribution in [1.82, 2.24) is 16.0 Å². The Morgan fingerprint density at radius 2 is 2.00 bits per heavy atom. The SMILES string of the molecule is CNCC(=O)NCCC(=O)NC1CC1. The number of nitrogens with one attached hydrogen (secondary N) is 3. The fraction of sp³-hybridized carbons (Fsp3) is 0.778. The van der Waals surface area contributed by atoms with Gasteiger partial charge in [0, 0.05) is 19.0 Å². The van der Waals surface area contributed by atoms with Crippen LogP contribution in [0, 0.1) is 0 Å². The highest BCUT2D eigenvalue weighted by Gasteiger charge is 2.22. The Kier molecular flexibility index (Phi) is 4.39. The highest BCUT2D eigenvalue weighted by atomic mass is 16.2. The smallest absolute Gasteiger partial charge is 0.233 e. The summed E-state index contributed by atoms with van der Waals surface area (Å²) in [5.74, 6) is -0.0519. The third-order valence-corrected chi connectivity index (χ3v) is 1.95. The number of hydrogen-bond donors (Lipinski definition) is 3. The van der Waals surface area contributed by atoms with Crippen molar-refractivity contribution in [3.8, 4) is 0 Å². The summed E-state index contributed by atoms with van der Waals surface area (Å²) >= 11 is 0. The van der Waals surface area contributed by atoms with Crippen molar-refractivity contribution in [3.63, 3.8) is 0 Å². The lowest BCUT2D eigenvalue weighted by Crippen LogP contribution is -2.35. The molecular formula is C9H17N3O2. The highest BCUT2D eigenvalue weighted by molar-refractivity contribution is 5.80. The minimum absolute atomic E-state index is 0.0252. The number of hydrogen-bond acceptors (Lipinski definition) is 3. The molecule has 1 rings (SSSR count). The number of carbonyl (C=O) groups excluding carboxylic acids is 2. The molecule has 3 N–H and O–H groups in total. The largest absolute Gasteiger partial charge is 0.354 e. The van der Waals surface area contributed by atoms with E-state index in [0.717, 1.165) is 12.8 Å². The molecule has 5 nitrogen and oxygen atoms in total. The lowest BCUT2D eigenvalue weighted by Gasteiger charge is -2.05. The Morgan fingerprint density at radius 1 is 1.29 bits per heavy atom. The summed E-state index contributed by atoms with van der Waals surface area (Å²) in [6.45, 7) is 0.712. The summed E-state index contributed by atoms with van der Waals surface area (Å²) in [7, 11) is 1.71. The van der Waals surface area contributed by atoms with Gasteiger partial charge in [-0.3, -0.25) is 9.59 Å². The Labute approximate surface area is 83.6 Å². The Balaban J connectivity index is 1.96. The molecule has 0 unspecified atom stereocenters. The van der Waals surface area contributed by atoms with Gasteiger partial charge in [-0.2, -0.15) is 0 Å². The van der Waals surface area contributed by atoms with E-state index in [1.807, 2.05) is 0 Å². The first-order chi connectivity index (χ1) is 6.72. The lowest BCUT2D eigenvalue weighted by molar-refractivity contribution is -0.122. The molecule has 1 fully saturated rings. The average molecular weight is 199 g/mol. The molecule has 0 radical (unpaired) electrons. The molecule has 0 bridgehead atoms. The summed E-state index contributed by atoms with van der Waals surface area (Å²) < 4.78 is 0. The molecule has 2 amide bonds. The molecule has 0 atom stereocenters. The van der Waals surface area contributed by atoms with Crippen molar-refractivity contribution in [2.75, 3.05) is 20.1 Å². The second-order valence-corrected chi connectivity index (χ2v) is 3.47. The van der Waals surface area contributed by atoms with Crippen molar-refractivity contribution in [1.29, 1.82) is 0 Å². The zero-order chi connectivity index (χ0) is 10.4. The standard InChI is InChI=1S/C9H17N3O2/c1-10-6-9(14)11-5-4-8(13)12-7-2-3-7/h7,10H,2-6H2,1H3,(H,11,14)(H,12,13). The third kappa shape index (κ3) is 4.81. The van der Waals surface area contributed by atoms with Gasteiger partial charge in [0.2, 0.25) is 11.8 Å². The van der Waals surface area contributed by atoms with Crippen molar-refractivity contribution in [2.24, 2.45) is 0 Å². The van der Waals surface area contributed by atoms with E-state index in [9.17, 15) is 9.59 Å². The minimum Gasteiger partial charge on any atom is -0.354 e. The first-order valence-corrected chi connectivity index (χ1v) is 4.93. The maximum Gasteiger partial charge on any atom is 0.233 e. The minimum atomic E-state index is -0.0771. The quantitative estimate of drug-likeness (QED) is 0.513. The van der Waals surface area contributed by atoms with Gasteiger partial charge < -0.3 is 16.0 Å². The molecule has 0 spiro atoms. The lowest BCUT2D eigenvalue weighted by atomic mass is 10.4. The Hall–Kier alpha value is -1.10. The van der Waals surface area contributed by atoms with Crippen LogP contribution in [-0.2, 0) is 9.59 Å². The molecule has 80 valence electrons. The molecule has 1 saturated carbocycles. The van der Waals surface area contributed by atoms with Crippen molar-refractivity contribution < 1.29 is 9.59 Å². The molecular weight excluding hydrogens is 182 g/mol. The van der Waals surface area contributed by atoms with E-state index in [-0.39, 0.29) is 11.8 Å². The number of amides is 2. The van der Waals surface area contributed by atoms with Crippen LogP contribution >= 0.6 is 0 Å². The monoisotopic (exact) mass is 199 g/mol. The average Bonchev–Trinajstić information content (AvgIpc) is 2.88. The maximum atomic E-state index is 11.2. The first-order valence-electron chi connectivity index (χ1n) is 4.93. The van der Waals surface area contributed by atoms with Crippen LogP contribution in [0.3, 0.4) is 0 Å². The van der Waals surface area contributed by atoms with Crippen LogP contribution in [0.25, 0.3) is 0 Å². The van der Waals surface area contributed by atoms with E-state index in [1.165, 1.54) is 0 Å². The normalized spacial score (nSPS) is 14.9. The molecule has 5 heteroatoms. The topological polar surface area (TPSA) is 70.2 Å². The van der Waals surface area contributed by atoms with Gasteiger partial charge in [-0.1, -0.05) is 0 Å².